The van der Waals surface area contributed by atoms with E-state index in [2.05, 4.69) is 24.5 Å². The molecule has 18 heavy (non-hydrogen) atoms. The van der Waals surface area contributed by atoms with Crippen molar-refractivity contribution >= 4 is 5.91 Å². The number of amides is 1. The van der Waals surface area contributed by atoms with E-state index >= 15 is 0 Å². The predicted octanol–water partition coefficient (Wildman–Crippen LogP) is 2.85. The average Bonchev–Trinajstić information content (AvgIpc) is 2.12. The van der Waals surface area contributed by atoms with Gasteiger partial charge in [0, 0.05) is 24.5 Å². The number of rotatable bonds is 4. The van der Waals surface area contributed by atoms with E-state index in [0.717, 1.165) is 6.54 Å². The van der Waals surface area contributed by atoms with Crippen LogP contribution in [0.2, 0.25) is 0 Å². The van der Waals surface area contributed by atoms with Crippen LogP contribution in [0.3, 0.4) is 0 Å². The summed E-state index contributed by atoms with van der Waals surface area (Å²) in [6.45, 7) is 11.5. The molecule has 1 unspecified atom stereocenters. The SMILES string of the molecule is CC1(C)CCCC(NCCC(=O)NC(C)(C)C)C1. The molecule has 0 heterocycles. The third kappa shape index (κ3) is 6.39. The van der Waals surface area contributed by atoms with Gasteiger partial charge in [0.15, 0.2) is 0 Å². The van der Waals surface area contributed by atoms with Crippen LogP contribution >= 0.6 is 0 Å². The highest BCUT2D eigenvalue weighted by Crippen LogP contribution is 2.34. The summed E-state index contributed by atoms with van der Waals surface area (Å²) in [4.78, 5) is 11.7. The fourth-order valence-electron chi connectivity index (χ4n) is 2.74. The summed E-state index contributed by atoms with van der Waals surface area (Å²) in [5, 5.41) is 6.53. The summed E-state index contributed by atoms with van der Waals surface area (Å²) < 4.78 is 0. The molecule has 0 spiro atoms. The minimum atomic E-state index is -0.121. The van der Waals surface area contributed by atoms with Crippen LogP contribution in [0.15, 0.2) is 0 Å². The van der Waals surface area contributed by atoms with Gasteiger partial charge < -0.3 is 10.6 Å². The van der Waals surface area contributed by atoms with Gasteiger partial charge in [0.05, 0.1) is 0 Å². The molecule has 3 heteroatoms. The van der Waals surface area contributed by atoms with E-state index in [0.29, 0.717) is 17.9 Å². The van der Waals surface area contributed by atoms with Gasteiger partial charge in [0.2, 0.25) is 5.91 Å². The fraction of sp³-hybridized carbons (Fsp3) is 0.933. The first-order valence-corrected chi connectivity index (χ1v) is 7.22. The molecule has 1 atom stereocenters. The van der Waals surface area contributed by atoms with Crippen LogP contribution in [-0.4, -0.2) is 24.0 Å². The highest BCUT2D eigenvalue weighted by atomic mass is 16.1. The van der Waals surface area contributed by atoms with Crippen LogP contribution in [0.5, 0.6) is 0 Å². The Morgan fingerprint density at radius 1 is 1.33 bits per heavy atom. The Balaban J connectivity index is 2.20. The van der Waals surface area contributed by atoms with Gasteiger partial charge in [-0.05, 0) is 45.4 Å². The van der Waals surface area contributed by atoms with E-state index in [1.807, 2.05) is 20.8 Å². The molecule has 1 aliphatic rings. The van der Waals surface area contributed by atoms with Crippen molar-refractivity contribution in [3.63, 3.8) is 0 Å². The van der Waals surface area contributed by atoms with Crippen molar-refractivity contribution in [2.45, 2.75) is 78.3 Å². The maximum atomic E-state index is 11.7. The van der Waals surface area contributed by atoms with Crippen molar-refractivity contribution in [2.75, 3.05) is 6.54 Å². The van der Waals surface area contributed by atoms with Crippen LogP contribution < -0.4 is 10.6 Å². The van der Waals surface area contributed by atoms with Crippen molar-refractivity contribution in [2.24, 2.45) is 5.41 Å². The van der Waals surface area contributed by atoms with E-state index in [4.69, 9.17) is 0 Å². The summed E-state index contributed by atoms with van der Waals surface area (Å²) in [7, 11) is 0. The van der Waals surface area contributed by atoms with E-state index in [1.54, 1.807) is 0 Å². The Kier molecular flexibility index (Phi) is 5.20. The van der Waals surface area contributed by atoms with Gasteiger partial charge in [-0.2, -0.15) is 0 Å². The van der Waals surface area contributed by atoms with Crippen molar-refractivity contribution < 1.29 is 4.79 Å². The van der Waals surface area contributed by atoms with Crippen LogP contribution in [-0.2, 0) is 4.79 Å². The van der Waals surface area contributed by atoms with Gasteiger partial charge in [0.25, 0.3) is 0 Å². The lowest BCUT2D eigenvalue weighted by Crippen LogP contribution is -2.43. The topological polar surface area (TPSA) is 41.1 Å². The molecule has 1 saturated carbocycles. The van der Waals surface area contributed by atoms with Gasteiger partial charge in [-0.25, -0.2) is 0 Å². The Labute approximate surface area is 112 Å². The molecule has 0 aromatic carbocycles. The molecular formula is C15H30N2O. The quantitative estimate of drug-likeness (QED) is 0.810. The molecule has 1 amide bonds. The smallest absolute Gasteiger partial charge is 0.221 e. The lowest BCUT2D eigenvalue weighted by molar-refractivity contribution is -0.122. The maximum absolute atomic E-state index is 11.7. The average molecular weight is 254 g/mol. The lowest BCUT2D eigenvalue weighted by Gasteiger charge is -2.35. The van der Waals surface area contributed by atoms with Crippen molar-refractivity contribution in [1.29, 1.82) is 0 Å². The number of carbonyl (C=O) groups excluding carboxylic acids is 1. The Morgan fingerprint density at radius 2 is 2.00 bits per heavy atom. The number of carbonyl (C=O) groups is 1. The first-order valence-electron chi connectivity index (χ1n) is 7.22. The highest BCUT2D eigenvalue weighted by Gasteiger charge is 2.27. The summed E-state index contributed by atoms with van der Waals surface area (Å²) in [5.74, 6) is 0.144. The van der Waals surface area contributed by atoms with E-state index < -0.39 is 0 Å². The molecule has 2 N–H and O–H groups in total. The highest BCUT2D eigenvalue weighted by molar-refractivity contribution is 5.76. The second-order valence-corrected chi connectivity index (χ2v) is 7.46. The third-order valence-electron chi connectivity index (χ3n) is 3.50. The molecule has 0 aliphatic heterocycles. The first kappa shape index (κ1) is 15.5. The molecule has 0 radical (unpaired) electrons. The van der Waals surface area contributed by atoms with Crippen LogP contribution in [0.25, 0.3) is 0 Å². The predicted molar refractivity (Wildman–Crippen MR) is 76.6 cm³/mol. The molecule has 1 fully saturated rings. The van der Waals surface area contributed by atoms with Crippen molar-refractivity contribution in [3.8, 4) is 0 Å². The van der Waals surface area contributed by atoms with Gasteiger partial charge in [0.1, 0.15) is 0 Å². The monoisotopic (exact) mass is 254 g/mol. The Bertz CT molecular complexity index is 279. The van der Waals surface area contributed by atoms with Crippen LogP contribution in [0.1, 0.15) is 66.7 Å². The molecule has 0 saturated heterocycles. The number of hydrogen-bond donors (Lipinski definition) is 2. The lowest BCUT2D eigenvalue weighted by atomic mass is 9.75. The minimum absolute atomic E-state index is 0.121. The Morgan fingerprint density at radius 3 is 2.56 bits per heavy atom. The van der Waals surface area contributed by atoms with Gasteiger partial charge in [-0.1, -0.05) is 20.3 Å². The van der Waals surface area contributed by atoms with Crippen molar-refractivity contribution in [1.82, 2.24) is 10.6 Å². The zero-order chi connectivity index (χ0) is 13.8. The fourth-order valence-corrected chi connectivity index (χ4v) is 2.74. The van der Waals surface area contributed by atoms with Gasteiger partial charge >= 0.3 is 0 Å². The largest absolute Gasteiger partial charge is 0.351 e. The maximum Gasteiger partial charge on any atom is 0.221 e. The molecule has 0 aromatic rings. The summed E-state index contributed by atoms with van der Waals surface area (Å²) in [6, 6.07) is 0.594. The number of nitrogens with one attached hydrogen (secondary N) is 2. The number of hydrogen-bond acceptors (Lipinski definition) is 2. The zero-order valence-corrected chi connectivity index (χ0v) is 12.7. The molecule has 0 aromatic heterocycles. The van der Waals surface area contributed by atoms with Crippen LogP contribution in [0.4, 0.5) is 0 Å². The second-order valence-electron chi connectivity index (χ2n) is 7.46. The molecular weight excluding hydrogens is 224 g/mol. The molecule has 1 rings (SSSR count). The van der Waals surface area contributed by atoms with Crippen molar-refractivity contribution in [3.05, 3.63) is 0 Å². The summed E-state index contributed by atoms with van der Waals surface area (Å²) in [6.07, 6.45) is 5.70. The summed E-state index contributed by atoms with van der Waals surface area (Å²) in [5.41, 5.74) is 0.341. The Hall–Kier alpha value is -0.570. The second kappa shape index (κ2) is 6.05. The van der Waals surface area contributed by atoms with Crippen LogP contribution in [0, 0.1) is 5.41 Å². The minimum Gasteiger partial charge on any atom is -0.351 e. The van der Waals surface area contributed by atoms with E-state index in [1.165, 1.54) is 25.7 Å². The molecule has 106 valence electrons. The molecule has 1 aliphatic carbocycles. The molecule has 0 bridgehead atoms. The normalized spacial score (nSPS) is 23.7. The third-order valence-corrected chi connectivity index (χ3v) is 3.50. The first-order chi connectivity index (χ1) is 8.18. The zero-order valence-electron chi connectivity index (χ0n) is 12.7. The standard InChI is InChI=1S/C15H30N2O/c1-14(2,3)17-13(18)8-10-16-12-7-6-9-15(4,5)11-12/h12,16H,6-11H2,1-5H3,(H,17,18). The summed E-state index contributed by atoms with van der Waals surface area (Å²) >= 11 is 0. The molecule has 3 nitrogen and oxygen atoms in total. The van der Waals surface area contributed by atoms with Gasteiger partial charge in [-0.15, -0.1) is 0 Å². The van der Waals surface area contributed by atoms with E-state index in [-0.39, 0.29) is 11.4 Å². The van der Waals surface area contributed by atoms with E-state index in [9.17, 15) is 4.79 Å². The van der Waals surface area contributed by atoms with Gasteiger partial charge in [-0.3, -0.25) is 4.79 Å².